The molecule has 0 saturated heterocycles. The van der Waals surface area contributed by atoms with Gasteiger partial charge in [0.1, 0.15) is 0 Å². The first kappa shape index (κ1) is 8.14. The van der Waals surface area contributed by atoms with E-state index in [4.69, 9.17) is 0 Å². The Morgan fingerprint density at radius 2 is 0.778 bits per heavy atom. The standard InChI is InChI=1S/C6H6.CH6N2/c1-2-4-6-5-3-1;2-1-3/h1-6H;1-3H2. The lowest BCUT2D eigenvalue weighted by molar-refractivity contribution is 1.07. The zero-order valence-corrected chi connectivity index (χ0v) is 5.33. The highest BCUT2D eigenvalue weighted by molar-refractivity contribution is 4.99. The fraction of sp³-hybridized carbons (Fsp3) is 0.143. The molecule has 0 radical (unpaired) electrons. The lowest BCUT2D eigenvalue weighted by Gasteiger charge is -1.69. The Labute approximate surface area is 55.5 Å². The van der Waals surface area contributed by atoms with Crippen molar-refractivity contribution in [1.82, 2.24) is 0 Å². The van der Waals surface area contributed by atoms with Crippen LogP contribution in [0.5, 0.6) is 0 Å². The van der Waals surface area contributed by atoms with Crippen LogP contribution in [0.4, 0.5) is 0 Å². The van der Waals surface area contributed by atoms with E-state index in [0.29, 0.717) is 0 Å². The molecule has 0 heterocycles. The van der Waals surface area contributed by atoms with E-state index in [1.165, 1.54) is 0 Å². The second-order valence-electron chi connectivity index (χ2n) is 1.39. The van der Waals surface area contributed by atoms with E-state index in [1.807, 2.05) is 36.4 Å². The largest absolute Gasteiger partial charge is 0.319 e. The van der Waals surface area contributed by atoms with Crippen molar-refractivity contribution in [2.24, 2.45) is 11.5 Å². The highest BCUT2D eigenvalue weighted by atomic mass is 14.7. The Morgan fingerprint density at radius 1 is 0.667 bits per heavy atom. The van der Waals surface area contributed by atoms with Crippen LogP contribution >= 0.6 is 0 Å². The fourth-order valence-electron chi connectivity index (χ4n) is 0.385. The van der Waals surface area contributed by atoms with Crippen molar-refractivity contribution < 1.29 is 0 Å². The maximum atomic E-state index is 4.62. The Kier molecular flexibility index (Phi) is 6.46. The molecule has 9 heavy (non-hydrogen) atoms. The average Bonchev–Trinajstić information content (AvgIpc) is 1.93. The minimum Gasteiger partial charge on any atom is -0.319 e. The van der Waals surface area contributed by atoms with Gasteiger partial charge in [-0.25, -0.2) is 0 Å². The van der Waals surface area contributed by atoms with Crippen molar-refractivity contribution in [2.45, 2.75) is 0 Å². The van der Waals surface area contributed by atoms with E-state index >= 15 is 0 Å². The predicted molar refractivity (Wildman–Crippen MR) is 39.7 cm³/mol. The van der Waals surface area contributed by atoms with E-state index in [2.05, 4.69) is 11.5 Å². The van der Waals surface area contributed by atoms with Gasteiger partial charge in [-0.05, 0) is 0 Å². The summed E-state index contributed by atoms with van der Waals surface area (Å²) in [6.45, 7) is 0.250. The predicted octanol–water partition coefficient (Wildman–Crippen LogP) is 0.548. The normalized spacial score (nSPS) is 7.33. The second kappa shape index (κ2) is 7.14. The molecule has 0 unspecified atom stereocenters. The molecule has 1 aromatic rings. The van der Waals surface area contributed by atoms with Crippen molar-refractivity contribution in [1.29, 1.82) is 0 Å². The van der Waals surface area contributed by atoms with Crippen molar-refractivity contribution in [3.8, 4) is 0 Å². The van der Waals surface area contributed by atoms with Gasteiger partial charge in [-0.1, -0.05) is 36.4 Å². The van der Waals surface area contributed by atoms with Crippen LogP contribution in [0.3, 0.4) is 0 Å². The summed E-state index contributed by atoms with van der Waals surface area (Å²) in [7, 11) is 0. The summed E-state index contributed by atoms with van der Waals surface area (Å²) in [6, 6.07) is 12.0. The topological polar surface area (TPSA) is 52.0 Å². The van der Waals surface area contributed by atoms with Crippen molar-refractivity contribution in [2.75, 3.05) is 6.67 Å². The number of rotatable bonds is 0. The molecule has 0 fully saturated rings. The van der Waals surface area contributed by atoms with Crippen molar-refractivity contribution >= 4 is 0 Å². The number of hydrogen-bond donors (Lipinski definition) is 2. The van der Waals surface area contributed by atoms with Gasteiger partial charge >= 0.3 is 0 Å². The zero-order chi connectivity index (χ0) is 6.95. The molecule has 0 aliphatic rings. The molecule has 2 nitrogen and oxygen atoms in total. The van der Waals surface area contributed by atoms with Gasteiger partial charge in [-0.3, -0.25) is 0 Å². The molecule has 0 atom stereocenters. The summed E-state index contributed by atoms with van der Waals surface area (Å²) >= 11 is 0. The van der Waals surface area contributed by atoms with E-state index in [0.717, 1.165) is 0 Å². The Morgan fingerprint density at radius 3 is 0.889 bits per heavy atom. The summed E-state index contributed by atoms with van der Waals surface area (Å²) in [6.07, 6.45) is 0. The van der Waals surface area contributed by atoms with Crippen LogP contribution in [0.15, 0.2) is 36.4 Å². The van der Waals surface area contributed by atoms with Crippen molar-refractivity contribution in [3.63, 3.8) is 0 Å². The molecule has 50 valence electrons. The van der Waals surface area contributed by atoms with E-state index < -0.39 is 0 Å². The van der Waals surface area contributed by atoms with Gasteiger partial charge < -0.3 is 11.5 Å². The first-order valence-corrected chi connectivity index (χ1v) is 2.82. The van der Waals surface area contributed by atoms with Crippen LogP contribution < -0.4 is 11.5 Å². The Balaban J connectivity index is 0.000000187. The average molecular weight is 124 g/mol. The minimum absolute atomic E-state index is 0.250. The zero-order valence-electron chi connectivity index (χ0n) is 5.33. The van der Waals surface area contributed by atoms with Crippen molar-refractivity contribution in [3.05, 3.63) is 36.4 Å². The maximum Gasteiger partial charge on any atom is 0.0403 e. The molecule has 0 aliphatic heterocycles. The molecule has 0 aromatic heterocycles. The molecular formula is C7H12N2. The van der Waals surface area contributed by atoms with E-state index in [9.17, 15) is 0 Å². The number of nitrogens with two attached hydrogens (primary N) is 2. The Bertz CT molecular complexity index is 89.8. The van der Waals surface area contributed by atoms with E-state index in [1.54, 1.807) is 0 Å². The lowest BCUT2D eigenvalue weighted by atomic mass is 10.4. The summed E-state index contributed by atoms with van der Waals surface area (Å²) in [5, 5.41) is 0. The molecule has 0 bridgehead atoms. The molecular weight excluding hydrogens is 112 g/mol. The maximum absolute atomic E-state index is 4.62. The van der Waals surface area contributed by atoms with Gasteiger partial charge in [0.05, 0.1) is 0 Å². The van der Waals surface area contributed by atoms with Crippen LogP contribution in [-0.2, 0) is 0 Å². The highest BCUT2D eigenvalue weighted by Crippen LogP contribution is 1.79. The molecule has 0 aliphatic carbocycles. The van der Waals surface area contributed by atoms with Gasteiger partial charge in [0.2, 0.25) is 0 Å². The molecule has 0 saturated carbocycles. The summed E-state index contributed by atoms with van der Waals surface area (Å²) in [4.78, 5) is 0. The van der Waals surface area contributed by atoms with E-state index in [-0.39, 0.29) is 6.67 Å². The molecule has 1 rings (SSSR count). The molecule has 0 spiro atoms. The van der Waals surface area contributed by atoms with Gasteiger partial charge in [0.15, 0.2) is 0 Å². The fourth-order valence-corrected chi connectivity index (χ4v) is 0.385. The smallest absolute Gasteiger partial charge is 0.0403 e. The highest BCUT2D eigenvalue weighted by Gasteiger charge is 1.57. The summed E-state index contributed by atoms with van der Waals surface area (Å²) in [5.41, 5.74) is 9.25. The van der Waals surface area contributed by atoms with Gasteiger partial charge in [0.25, 0.3) is 0 Å². The van der Waals surface area contributed by atoms with Crippen LogP contribution in [0.25, 0.3) is 0 Å². The third-order valence-corrected chi connectivity index (χ3v) is 0.667. The minimum atomic E-state index is 0.250. The third-order valence-electron chi connectivity index (χ3n) is 0.667. The van der Waals surface area contributed by atoms with Gasteiger partial charge in [-0.15, -0.1) is 0 Å². The Hall–Kier alpha value is -0.860. The molecule has 4 N–H and O–H groups in total. The van der Waals surface area contributed by atoms with Crippen LogP contribution in [0.1, 0.15) is 0 Å². The van der Waals surface area contributed by atoms with Gasteiger partial charge in [0, 0.05) is 6.67 Å². The molecule has 2 heteroatoms. The van der Waals surface area contributed by atoms with Crippen LogP contribution in [-0.4, -0.2) is 6.67 Å². The second-order valence-corrected chi connectivity index (χ2v) is 1.39. The number of benzene rings is 1. The summed E-state index contributed by atoms with van der Waals surface area (Å²) < 4.78 is 0. The SMILES string of the molecule is NCN.c1ccccc1. The lowest BCUT2D eigenvalue weighted by Crippen LogP contribution is -2.08. The van der Waals surface area contributed by atoms with Gasteiger partial charge in [-0.2, -0.15) is 0 Å². The van der Waals surface area contributed by atoms with Crippen LogP contribution in [0.2, 0.25) is 0 Å². The first-order chi connectivity index (χ1) is 4.41. The molecule has 0 amide bonds. The monoisotopic (exact) mass is 124 g/mol. The summed E-state index contributed by atoms with van der Waals surface area (Å²) in [5.74, 6) is 0. The molecule has 1 aromatic carbocycles. The first-order valence-electron chi connectivity index (χ1n) is 2.82. The quantitative estimate of drug-likeness (QED) is 0.496. The van der Waals surface area contributed by atoms with Crippen LogP contribution in [0, 0.1) is 0 Å². The number of hydrogen-bond acceptors (Lipinski definition) is 2. The third kappa shape index (κ3) is 7.14.